The number of rotatable bonds is 5. The van der Waals surface area contributed by atoms with E-state index in [1.165, 1.54) is 25.0 Å². The standard InChI is InChI=1S/C8H17NS/c1-7(9)6-10-5-4-8-2-3-8/h7-8H,2-6,9H2,1H3. The molecule has 2 heteroatoms. The predicted molar refractivity (Wildman–Crippen MR) is 48.3 cm³/mol. The van der Waals surface area contributed by atoms with Gasteiger partial charge in [0.2, 0.25) is 0 Å². The van der Waals surface area contributed by atoms with Crippen molar-refractivity contribution < 1.29 is 0 Å². The van der Waals surface area contributed by atoms with Crippen molar-refractivity contribution in [2.24, 2.45) is 11.7 Å². The van der Waals surface area contributed by atoms with Gasteiger partial charge in [0.25, 0.3) is 0 Å². The fraction of sp³-hybridized carbons (Fsp3) is 1.00. The summed E-state index contributed by atoms with van der Waals surface area (Å²) in [5.41, 5.74) is 5.60. The number of nitrogens with two attached hydrogens (primary N) is 1. The molecule has 1 atom stereocenters. The van der Waals surface area contributed by atoms with Crippen LogP contribution in [0.3, 0.4) is 0 Å². The summed E-state index contributed by atoms with van der Waals surface area (Å²) in [5, 5.41) is 0. The quantitative estimate of drug-likeness (QED) is 0.620. The Morgan fingerprint density at radius 1 is 1.60 bits per heavy atom. The molecule has 10 heavy (non-hydrogen) atoms. The van der Waals surface area contributed by atoms with Crippen LogP contribution in [-0.2, 0) is 0 Å². The van der Waals surface area contributed by atoms with Crippen molar-refractivity contribution in [3.63, 3.8) is 0 Å². The highest BCUT2D eigenvalue weighted by atomic mass is 32.2. The highest BCUT2D eigenvalue weighted by molar-refractivity contribution is 7.99. The fourth-order valence-electron chi connectivity index (χ4n) is 0.926. The average Bonchev–Trinajstić information content (AvgIpc) is 2.62. The molecule has 0 aromatic heterocycles. The lowest BCUT2D eigenvalue weighted by Gasteiger charge is -2.02. The normalized spacial score (nSPS) is 21.0. The molecule has 1 unspecified atom stereocenters. The minimum Gasteiger partial charge on any atom is -0.327 e. The second-order valence-corrected chi connectivity index (χ2v) is 4.43. The van der Waals surface area contributed by atoms with Crippen LogP contribution >= 0.6 is 11.8 Å². The first-order valence-electron chi connectivity index (χ1n) is 4.12. The third kappa shape index (κ3) is 4.18. The smallest absolute Gasteiger partial charge is 0.0101 e. The lowest BCUT2D eigenvalue weighted by Crippen LogP contribution is -2.17. The van der Waals surface area contributed by atoms with E-state index in [-0.39, 0.29) is 0 Å². The summed E-state index contributed by atoms with van der Waals surface area (Å²) in [5.74, 6) is 3.54. The summed E-state index contributed by atoms with van der Waals surface area (Å²) < 4.78 is 0. The summed E-state index contributed by atoms with van der Waals surface area (Å²) in [4.78, 5) is 0. The van der Waals surface area contributed by atoms with Crippen LogP contribution in [0.15, 0.2) is 0 Å². The molecule has 1 nitrogen and oxygen atoms in total. The topological polar surface area (TPSA) is 26.0 Å². The van der Waals surface area contributed by atoms with Gasteiger partial charge in [-0.05, 0) is 25.0 Å². The van der Waals surface area contributed by atoms with Crippen LogP contribution in [-0.4, -0.2) is 17.5 Å². The van der Waals surface area contributed by atoms with Gasteiger partial charge in [-0.15, -0.1) is 0 Å². The first-order chi connectivity index (χ1) is 4.79. The maximum absolute atomic E-state index is 5.60. The molecule has 0 aromatic rings. The predicted octanol–water partition coefficient (Wildman–Crippen LogP) is 1.87. The van der Waals surface area contributed by atoms with Gasteiger partial charge in [0, 0.05) is 11.8 Å². The van der Waals surface area contributed by atoms with E-state index in [0.717, 1.165) is 11.7 Å². The van der Waals surface area contributed by atoms with Crippen LogP contribution in [0.5, 0.6) is 0 Å². The number of hydrogen-bond donors (Lipinski definition) is 1. The minimum absolute atomic E-state index is 0.379. The molecule has 0 amide bonds. The van der Waals surface area contributed by atoms with Crippen LogP contribution < -0.4 is 5.73 Å². The first kappa shape index (κ1) is 8.41. The van der Waals surface area contributed by atoms with Crippen molar-refractivity contribution in [2.75, 3.05) is 11.5 Å². The van der Waals surface area contributed by atoms with Gasteiger partial charge in [-0.25, -0.2) is 0 Å². The van der Waals surface area contributed by atoms with E-state index >= 15 is 0 Å². The Bertz CT molecular complexity index is 85.3. The van der Waals surface area contributed by atoms with Crippen molar-refractivity contribution in [2.45, 2.75) is 32.2 Å². The third-order valence-electron chi connectivity index (χ3n) is 1.75. The monoisotopic (exact) mass is 159 g/mol. The molecular formula is C8H17NS. The van der Waals surface area contributed by atoms with Gasteiger partial charge in [0.15, 0.2) is 0 Å². The lowest BCUT2D eigenvalue weighted by atomic mass is 10.3. The fourth-order valence-corrected chi connectivity index (χ4v) is 1.96. The maximum atomic E-state index is 5.60. The summed E-state index contributed by atoms with van der Waals surface area (Å²) in [6.45, 7) is 2.07. The Morgan fingerprint density at radius 2 is 2.30 bits per heavy atom. The van der Waals surface area contributed by atoms with Gasteiger partial charge in [-0.1, -0.05) is 12.8 Å². The summed E-state index contributed by atoms with van der Waals surface area (Å²) in [7, 11) is 0. The van der Waals surface area contributed by atoms with Crippen LogP contribution in [0.25, 0.3) is 0 Å². The van der Waals surface area contributed by atoms with Gasteiger partial charge >= 0.3 is 0 Å². The third-order valence-corrected chi connectivity index (χ3v) is 3.03. The zero-order chi connectivity index (χ0) is 7.40. The Hall–Kier alpha value is 0.310. The highest BCUT2D eigenvalue weighted by Crippen LogP contribution is 2.33. The van der Waals surface area contributed by atoms with Crippen molar-refractivity contribution in [3.8, 4) is 0 Å². The molecule has 1 rings (SSSR count). The van der Waals surface area contributed by atoms with Gasteiger partial charge in [0.1, 0.15) is 0 Å². The van der Waals surface area contributed by atoms with E-state index in [9.17, 15) is 0 Å². The summed E-state index contributed by atoms with van der Waals surface area (Å²) in [6.07, 6.45) is 4.40. The molecule has 0 spiro atoms. The van der Waals surface area contributed by atoms with E-state index in [0.29, 0.717) is 6.04 Å². The van der Waals surface area contributed by atoms with Gasteiger partial charge in [-0.2, -0.15) is 11.8 Å². The molecule has 0 saturated heterocycles. The minimum atomic E-state index is 0.379. The highest BCUT2D eigenvalue weighted by Gasteiger charge is 2.19. The largest absolute Gasteiger partial charge is 0.327 e. The second kappa shape index (κ2) is 4.24. The van der Waals surface area contributed by atoms with Crippen molar-refractivity contribution in [3.05, 3.63) is 0 Å². The van der Waals surface area contributed by atoms with E-state index < -0.39 is 0 Å². The van der Waals surface area contributed by atoms with E-state index in [2.05, 4.69) is 6.92 Å². The van der Waals surface area contributed by atoms with E-state index in [1.807, 2.05) is 11.8 Å². The zero-order valence-electron chi connectivity index (χ0n) is 6.68. The Labute approximate surface area is 67.8 Å². The van der Waals surface area contributed by atoms with Gasteiger partial charge in [-0.3, -0.25) is 0 Å². The molecule has 0 heterocycles. The SMILES string of the molecule is CC(N)CSCCC1CC1. The van der Waals surface area contributed by atoms with Crippen molar-refractivity contribution in [1.82, 2.24) is 0 Å². The van der Waals surface area contributed by atoms with Crippen LogP contribution in [0.4, 0.5) is 0 Å². The molecule has 1 fully saturated rings. The van der Waals surface area contributed by atoms with Crippen molar-refractivity contribution in [1.29, 1.82) is 0 Å². The van der Waals surface area contributed by atoms with Gasteiger partial charge in [0.05, 0.1) is 0 Å². The van der Waals surface area contributed by atoms with Crippen molar-refractivity contribution >= 4 is 11.8 Å². The maximum Gasteiger partial charge on any atom is 0.0101 e. The molecular weight excluding hydrogens is 142 g/mol. The summed E-state index contributed by atoms with van der Waals surface area (Å²) in [6, 6.07) is 0.379. The molecule has 2 N–H and O–H groups in total. The van der Waals surface area contributed by atoms with E-state index in [4.69, 9.17) is 5.73 Å². The molecule has 1 saturated carbocycles. The first-order valence-corrected chi connectivity index (χ1v) is 5.28. The van der Waals surface area contributed by atoms with Gasteiger partial charge < -0.3 is 5.73 Å². The Balaban J connectivity index is 1.76. The number of hydrogen-bond acceptors (Lipinski definition) is 2. The second-order valence-electron chi connectivity index (χ2n) is 3.28. The molecule has 1 aliphatic rings. The van der Waals surface area contributed by atoms with Crippen LogP contribution in [0, 0.1) is 5.92 Å². The molecule has 0 radical (unpaired) electrons. The van der Waals surface area contributed by atoms with E-state index in [1.54, 1.807) is 0 Å². The average molecular weight is 159 g/mol. The molecule has 60 valence electrons. The van der Waals surface area contributed by atoms with Crippen LogP contribution in [0.1, 0.15) is 26.2 Å². The molecule has 1 aliphatic carbocycles. The van der Waals surface area contributed by atoms with Crippen LogP contribution in [0.2, 0.25) is 0 Å². The Morgan fingerprint density at radius 3 is 2.80 bits per heavy atom. The summed E-state index contributed by atoms with van der Waals surface area (Å²) >= 11 is 2.00. The number of thioether (sulfide) groups is 1. The molecule has 0 bridgehead atoms. The lowest BCUT2D eigenvalue weighted by molar-refractivity contribution is 0.802. The Kier molecular flexibility index (Phi) is 3.57. The molecule has 0 aromatic carbocycles. The molecule has 0 aliphatic heterocycles. The zero-order valence-corrected chi connectivity index (χ0v) is 7.49.